The van der Waals surface area contributed by atoms with E-state index in [1.54, 1.807) is 6.92 Å². The van der Waals surface area contributed by atoms with E-state index in [4.69, 9.17) is 5.11 Å². The quantitative estimate of drug-likeness (QED) is 0.933. The molecule has 0 bridgehead atoms. The van der Waals surface area contributed by atoms with Gasteiger partial charge in [-0.2, -0.15) is 0 Å². The highest BCUT2D eigenvalue weighted by Gasteiger charge is 2.23. The molecule has 5 heteroatoms. The molecule has 0 aliphatic rings. The van der Waals surface area contributed by atoms with E-state index in [0.29, 0.717) is 10.6 Å². The molecule has 1 atom stereocenters. The van der Waals surface area contributed by atoms with Crippen molar-refractivity contribution in [3.8, 4) is 0 Å². The van der Waals surface area contributed by atoms with Gasteiger partial charge in [-0.1, -0.05) is 30.3 Å². The largest absolute Gasteiger partial charge is 0.477 e. The number of rotatable bonds is 4. The molecule has 0 radical (unpaired) electrons. The smallest absolute Gasteiger partial charge is 0.347 e. The van der Waals surface area contributed by atoms with Crippen molar-refractivity contribution in [1.29, 1.82) is 0 Å². The molecule has 0 aliphatic carbocycles. The van der Waals surface area contributed by atoms with Crippen LogP contribution >= 0.6 is 11.3 Å². The van der Waals surface area contributed by atoms with Crippen molar-refractivity contribution in [2.45, 2.75) is 13.0 Å². The van der Waals surface area contributed by atoms with Crippen molar-refractivity contribution in [2.75, 3.05) is 14.1 Å². The highest BCUT2D eigenvalue weighted by molar-refractivity contribution is 7.13. The lowest BCUT2D eigenvalue weighted by Gasteiger charge is -2.22. The summed E-state index contributed by atoms with van der Waals surface area (Å²) in [7, 11) is 3.93. The van der Waals surface area contributed by atoms with Gasteiger partial charge in [-0.3, -0.25) is 4.90 Å². The minimum atomic E-state index is -0.910. The topological polar surface area (TPSA) is 53.4 Å². The van der Waals surface area contributed by atoms with E-state index in [1.165, 1.54) is 11.3 Å². The summed E-state index contributed by atoms with van der Waals surface area (Å²) >= 11 is 1.25. The molecule has 1 N–H and O–H groups in total. The average Bonchev–Trinajstić information content (AvgIpc) is 2.72. The van der Waals surface area contributed by atoms with Crippen LogP contribution in [0.25, 0.3) is 0 Å². The Morgan fingerprint density at radius 1 is 1.32 bits per heavy atom. The van der Waals surface area contributed by atoms with Crippen molar-refractivity contribution in [2.24, 2.45) is 0 Å². The summed E-state index contributed by atoms with van der Waals surface area (Å²) in [5.41, 5.74) is 1.69. The number of aromatic carboxylic acids is 1. The number of thiazole rings is 1. The highest BCUT2D eigenvalue weighted by Crippen LogP contribution is 2.31. The number of aryl methyl sites for hydroxylation is 1. The summed E-state index contributed by atoms with van der Waals surface area (Å²) in [6.45, 7) is 1.74. The van der Waals surface area contributed by atoms with Gasteiger partial charge in [-0.05, 0) is 26.6 Å². The molecule has 0 saturated heterocycles. The number of carboxylic acids is 1. The zero-order chi connectivity index (χ0) is 14.0. The fraction of sp³-hybridized carbons (Fsp3) is 0.286. The maximum Gasteiger partial charge on any atom is 0.347 e. The summed E-state index contributed by atoms with van der Waals surface area (Å²) in [6.07, 6.45) is 0. The van der Waals surface area contributed by atoms with Gasteiger partial charge in [0.1, 0.15) is 9.88 Å². The molecular weight excluding hydrogens is 260 g/mol. The van der Waals surface area contributed by atoms with Crippen molar-refractivity contribution >= 4 is 17.3 Å². The summed E-state index contributed by atoms with van der Waals surface area (Å²) in [6, 6.07) is 9.96. The van der Waals surface area contributed by atoms with Crippen LogP contribution in [0.5, 0.6) is 0 Å². The first-order valence-corrected chi connectivity index (χ1v) is 6.74. The molecule has 1 aromatic heterocycles. The molecule has 0 amide bonds. The lowest BCUT2D eigenvalue weighted by molar-refractivity contribution is 0.0701. The predicted octanol–water partition coefficient (Wildman–Crippen LogP) is 2.80. The number of benzene rings is 1. The number of hydrogen-bond donors (Lipinski definition) is 1. The highest BCUT2D eigenvalue weighted by atomic mass is 32.1. The molecule has 1 heterocycles. The lowest BCUT2D eigenvalue weighted by atomic mass is 10.1. The van der Waals surface area contributed by atoms with Crippen LogP contribution in [0.15, 0.2) is 30.3 Å². The fourth-order valence-corrected chi connectivity index (χ4v) is 3.16. The Labute approximate surface area is 116 Å². The fourth-order valence-electron chi connectivity index (χ4n) is 2.03. The molecule has 0 aliphatic heterocycles. The van der Waals surface area contributed by atoms with Crippen molar-refractivity contribution in [1.82, 2.24) is 9.88 Å². The second kappa shape index (κ2) is 5.50. The SMILES string of the molecule is Cc1nc(C(c2ccccc2)N(C)C)sc1C(=O)O. The average molecular weight is 276 g/mol. The second-order valence-electron chi connectivity index (χ2n) is 4.55. The van der Waals surface area contributed by atoms with Gasteiger partial charge in [0.2, 0.25) is 0 Å². The van der Waals surface area contributed by atoms with Gasteiger partial charge in [0.05, 0.1) is 11.7 Å². The Bertz CT molecular complexity index is 578. The summed E-state index contributed by atoms with van der Waals surface area (Å²) < 4.78 is 0. The third-order valence-corrected chi connectivity index (χ3v) is 4.07. The number of hydrogen-bond acceptors (Lipinski definition) is 4. The van der Waals surface area contributed by atoms with E-state index in [0.717, 1.165) is 10.6 Å². The third-order valence-electron chi connectivity index (χ3n) is 2.87. The molecule has 1 unspecified atom stereocenters. The van der Waals surface area contributed by atoms with Crippen molar-refractivity contribution in [3.05, 3.63) is 51.5 Å². The van der Waals surface area contributed by atoms with Crippen molar-refractivity contribution in [3.63, 3.8) is 0 Å². The Hall–Kier alpha value is -1.72. The molecule has 2 rings (SSSR count). The van der Waals surface area contributed by atoms with Crippen molar-refractivity contribution < 1.29 is 9.90 Å². The monoisotopic (exact) mass is 276 g/mol. The third kappa shape index (κ3) is 2.83. The van der Waals surface area contributed by atoms with Gasteiger partial charge < -0.3 is 5.11 Å². The first kappa shape index (κ1) is 13.7. The second-order valence-corrected chi connectivity index (χ2v) is 5.58. The van der Waals surface area contributed by atoms with E-state index < -0.39 is 5.97 Å². The van der Waals surface area contributed by atoms with E-state index in [9.17, 15) is 4.79 Å². The molecule has 4 nitrogen and oxygen atoms in total. The normalized spacial score (nSPS) is 12.6. The zero-order valence-electron chi connectivity index (χ0n) is 11.1. The summed E-state index contributed by atoms with van der Waals surface area (Å²) in [5, 5.41) is 9.94. The van der Waals surface area contributed by atoms with Gasteiger partial charge >= 0.3 is 5.97 Å². The first-order chi connectivity index (χ1) is 9.00. The van der Waals surface area contributed by atoms with Crippen LogP contribution in [-0.2, 0) is 0 Å². The maximum absolute atomic E-state index is 11.1. The van der Waals surface area contributed by atoms with Crippen LogP contribution in [0.3, 0.4) is 0 Å². The van der Waals surface area contributed by atoms with Crippen LogP contribution < -0.4 is 0 Å². The molecule has 0 saturated carbocycles. The van der Waals surface area contributed by atoms with Gasteiger partial charge in [0.25, 0.3) is 0 Å². The van der Waals surface area contributed by atoms with E-state index in [-0.39, 0.29) is 6.04 Å². The Balaban J connectivity index is 2.46. The van der Waals surface area contributed by atoms with Crippen LogP contribution in [0.4, 0.5) is 0 Å². The van der Waals surface area contributed by atoms with Crippen LogP contribution in [0.2, 0.25) is 0 Å². The minimum absolute atomic E-state index is 0.0157. The van der Waals surface area contributed by atoms with E-state index in [1.807, 2.05) is 49.3 Å². The van der Waals surface area contributed by atoms with Gasteiger partial charge in [-0.15, -0.1) is 11.3 Å². The number of carbonyl (C=O) groups is 1. The predicted molar refractivity (Wildman–Crippen MR) is 75.8 cm³/mol. The van der Waals surface area contributed by atoms with Crippen LogP contribution in [0.1, 0.15) is 32.0 Å². The van der Waals surface area contributed by atoms with Gasteiger partial charge in [0, 0.05) is 0 Å². The Morgan fingerprint density at radius 2 is 1.95 bits per heavy atom. The van der Waals surface area contributed by atoms with Crippen LogP contribution in [0, 0.1) is 6.92 Å². The maximum atomic E-state index is 11.1. The summed E-state index contributed by atoms with van der Waals surface area (Å²) in [4.78, 5) is 17.9. The van der Waals surface area contributed by atoms with Gasteiger partial charge in [-0.25, -0.2) is 9.78 Å². The van der Waals surface area contributed by atoms with E-state index in [2.05, 4.69) is 4.98 Å². The molecule has 0 spiro atoms. The Morgan fingerprint density at radius 3 is 2.42 bits per heavy atom. The van der Waals surface area contributed by atoms with Gasteiger partial charge in [0.15, 0.2) is 0 Å². The lowest BCUT2D eigenvalue weighted by Crippen LogP contribution is -2.20. The number of carboxylic acid groups (broad SMARTS) is 1. The number of aromatic nitrogens is 1. The molecule has 1 aromatic carbocycles. The Kier molecular flexibility index (Phi) is 3.97. The molecule has 19 heavy (non-hydrogen) atoms. The standard InChI is InChI=1S/C14H16N2O2S/c1-9-12(14(17)18)19-13(15-9)11(16(2)3)10-7-5-4-6-8-10/h4-8,11H,1-3H3,(H,17,18). The molecular formula is C14H16N2O2S. The summed E-state index contributed by atoms with van der Waals surface area (Å²) in [5.74, 6) is -0.910. The molecule has 100 valence electrons. The first-order valence-electron chi connectivity index (χ1n) is 5.92. The minimum Gasteiger partial charge on any atom is -0.477 e. The number of nitrogens with zero attached hydrogens (tertiary/aromatic N) is 2. The zero-order valence-corrected chi connectivity index (χ0v) is 11.9. The van der Waals surface area contributed by atoms with E-state index >= 15 is 0 Å². The van der Waals surface area contributed by atoms with Crippen LogP contribution in [-0.4, -0.2) is 35.1 Å². The molecule has 0 fully saturated rings. The molecule has 2 aromatic rings.